The van der Waals surface area contributed by atoms with Crippen molar-refractivity contribution < 1.29 is 14.3 Å². The van der Waals surface area contributed by atoms with Crippen molar-refractivity contribution in [3.05, 3.63) is 53.6 Å². The Bertz CT molecular complexity index is 896. The van der Waals surface area contributed by atoms with Crippen LogP contribution in [0.1, 0.15) is 57.1 Å². The fraction of sp³-hybridized carbons (Fsp3) is 0.480. The van der Waals surface area contributed by atoms with Crippen LogP contribution >= 0.6 is 0 Å². The Morgan fingerprint density at radius 1 is 1.13 bits per heavy atom. The molecule has 0 aliphatic heterocycles. The number of anilines is 1. The van der Waals surface area contributed by atoms with Gasteiger partial charge in [-0.05, 0) is 79.6 Å². The number of carbonyl (C=O) groups excluding carboxylic acids is 1. The Hall–Kier alpha value is -2.53. The van der Waals surface area contributed by atoms with Crippen LogP contribution in [0, 0.1) is 5.92 Å². The van der Waals surface area contributed by atoms with Crippen LogP contribution < -0.4 is 20.5 Å². The van der Waals surface area contributed by atoms with Gasteiger partial charge in [-0.1, -0.05) is 32.3 Å². The molecule has 2 bridgehead atoms. The van der Waals surface area contributed by atoms with Crippen LogP contribution in [-0.2, 0) is 11.8 Å². The SMILES string of the molecule is CCOc1ccc(NC(=O)Oc2ccc3c(c2)[C@@]2(C)CCCCC[C@@H](C3)[C@@H]2N)cc1. The van der Waals surface area contributed by atoms with Gasteiger partial charge in [-0.15, -0.1) is 0 Å². The molecule has 2 aromatic carbocycles. The van der Waals surface area contributed by atoms with Crippen LogP contribution in [0.5, 0.6) is 11.5 Å². The van der Waals surface area contributed by atoms with E-state index in [1.807, 2.05) is 31.2 Å². The quantitative estimate of drug-likeness (QED) is 0.709. The fourth-order valence-electron chi connectivity index (χ4n) is 5.15. The van der Waals surface area contributed by atoms with Crippen LogP contribution in [0.3, 0.4) is 0 Å². The Balaban J connectivity index is 1.50. The smallest absolute Gasteiger partial charge is 0.417 e. The third-order valence-electron chi connectivity index (χ3n) is 6.82. The van der Waals surface area contributed by atoms with Gasteiger partial charge in [0.15, 0.2) is 0 Å². The minimum atomic E-state index is -0.500. The molecule has 0 spiro atoms. The van der Waals surface area contributed by atoms with Gasteiger partial charge in [0.05, 0.1) is 6.61 Å². The molecule has 1 saturated carbocycles. The molecular formula is C25H32N2O3. The number of carbonyl (C=O) groups is 1. The van der Waals surface area contributed by atoms with Gasteiger partial charge in [0, 0.05) is 17.1 Å². The van der Waals surface area contributed by atoms with Gasteiger partial charge in [-0.25, -0.2) is 4.79 Å². The van der Waals surface area contributed by atoms with Crippen molar-refractivity contribution >= 4 is 11.8 Å². The monoisotopic (exact) mass is 408 g/mol. The molecule has 2 aliphatic carbocycles. The number of amides is 1. The zero-order valence-corrected chi connectivity index (χ0v) is 17.9. The second kappa shape index (κ2) is 8.68. The molecule has 0 radical (unpaired) electrons. The van der Waals surface area contributed by atoms with E-state index in [0.29, 0.717) is 24.0 Å². The summed E-state index contributed by atoms with van der Waals surface area (Å²) in [6.45, 7) is 4.83. The first-order valence-electron chi connectivity index (χ1n) is 11.1. The maximum atomic E-state index is 12.4. The van der Waals surface area contributed by atoms with Crippen molar-refractivity contribution in [3.63, 3.8) is 0 Å². The topological polar surface area (TPSA) is 73.6 Å². The molecule has 4 rings (SSSR count). The molecule has 0 heterocycles. The Labute approximate surface area is 178 Å². The van der Waals surface area contributed by atoms with Crippen molar-refractivity contribution in [1.82, 2.24) is 0 Å². The van der Waals surface area contributed by atoms with E-state index >= 15 is 0 Å². The summed E-state index contributed by atoms with van der Waals surface area (Å²) >= 11 is 0. The largest absolute Gasteiger partial charge is 0.494 e. The molecule has 3 N–H and O–H groups in total. The van der Waals surface area contributed by atoms with Crippen LogP contribution in [-0.4, -0.2) is 18.7 Å². The highest BCUT2D eigenvalue weighted by Crippen LogP contribution is 2.46. The zero-order valence-electron chi connectivity index (χ0n) is 17.9. The summed E-state index contributed by atoms with van der Waals surface area (Å²) in [7, 11) is 0. The van der Waals surface area contributed by atoms with Crippen LogP contribution in [0.2, 0.25) is 0 Å². The van der Waals surface area contributed by atoms with E-state index < -0.39 is 6.09 Å². The molecule has 0 aromatic heterocycles. The predicted octanol–water partition coefficient (Wildman–Crippen LogP) is 5.42. The highest BCUT2D eigenvalue weighted by molar-refractivity contribution is 5.86. The highest BCUT2D eigenvalue weighted by Gasteiger charge is 2.43. The number of hydrogen-bond donors (Lipinski definition) is 2. The summed E-state index contributed by atoms with van der Waals surface area (Å²) < 4.78 is 11.0. The summed E-state index contributed by atoms with van der Waals surface area (Å²) in [5.41, 5.74) is 9.96. The van der Waals surface area contributed by atoms with E-state index in [-0.39, 0.29) is 11.5 Å². The highest BCUT2D eigenvalue weighted by atomic mass is 16.6. The van der Waals surface area contributed by atoms with Crippen molar-refractivity contribution in [1.29, 1.82) is 0 Å². The number of hydrogen-bond acceptors (Lipinski definition) is 4. The van der Waals surface area contributed by atoms with Crippen molar-refractivity contribution in [2.45, 2.75) is 63.8 Å². The second-order valence-corrected chi connectivity index (χ2v) is 8.80. The lowest BCUT2D eigenvalue weighted by atomic mass is 9.60. The van der Waals surface area contributed by atoms with Gasteiger partial charge >= 0.3 is 6.09 Å². The van der Waals surface area contributed by atoms with Gasteiger partial charge in [0.2, 0.25) is 0 Å². The molecule has 2 aliphatic rings. The summed E-state index contributed by atoms with van der Waals surface area (Å²) in [6.07, 6.45) is 6.55. The first-order valence-corrected chi connectivity index (χ1v) is 11.1. The standard InChI is InChI=1S/C25H32N2O3/c1-3-29-20-12-9-19(10-13-20)27-24(28)30-21-11-8-17-15-18-7-5-4-6-14-25(2,23(18)26)22(17)16-21/h8-13,16,18,23H,3-7,14-15,26H2,1-2H3,(H,27,28)/t18-,23-,25+/m0/s1. The lowest BCUT2D eigenvalue weighted by Crippen LogP contribution is -2.52. The van der Waals surface area contributed by atoms with Crippen LogP contribution in [0.15, 0.2) is 42.5 Å². The van der Waals surface area contributed by atoms with Crippen molar-refractivity contribution in [2.75, 3.05) is 11.9 Å². The molecule has 2 aromatic rings. The number of nitrogens with two attached hydrogens (primary N) is 1. The average Bonchev–Trinajstić information content (AvgIpc) is 2.73. The summed E-state index contributed by atoms with van der Waals surface area (Å²) in [5, 5.41) is 2.78. The molecule has 0 saturated heterocycles. The fourth-order valence-corrected chi connectivity index (χ4v) is 5.15. The molecule has 30 heavy (non-hydrogen) atoms. The molecular weight excluding hydrogens is 376 g/mol. The number of rotatable bonds is 4. The second-order valence-electron chi connectivity index (χ2n) is 8.80. The first-order chi connectivity index (χ1) is 14.5. The normalized spacial score (nSPS) is 25.4. The summed E-state index contributed by atoms with van der Waals surface area (Å²) in [5.74, 6) is 1.87. The Morgan fingerprint density at radius 3 is 2.67 bits per heavy atom. The first kappa shape index (κ1) is 20.7. The van der Waals surface area contributed by atoms with E-state index in [9.17, 15) is 4.79 Å². The zero-order chi connectivity index (χ0) is 21.1. The van der Waals surface area contributed by atoms with Gasteiger partial charge in [-0.3, -0.25) is 5.32 Å². The van der Waals surface area contributed by atoms with Crippen molar-refractivity contribution in [3.8, 4) is 11.5 Å². The molecule has 0 unspecified atom stereocenters. The van der Waals surface area contributed by atoms with E-state index in [1.165, 1.54) is 36.8 Å². The van der Waals surface area contributed by atoms with Gasteiger partial charge in [0.25, 0.3) is 0 Å². The minimum Gasteiger partial charge on any atom is -0.494 e. The maximum absolute atomic E-state index is 12.4. The number of nitrogens with one attached hydrogen (secondary N) is 1. The number of ether oxygens (including phenoxy) is 2. The number of fused-ring (bicyclic) bond motifs is 4. The van der Waals surface area contributed by atoms with E-state index in [4.69, 9.17) is 15.2 Å². The minimum absolute atomic E-state index is 0.0658. The van der Waals surface area contributed by atoms with E-state index in [1.54, 1.807) is 12.1 Å². The molecule has 3 atom stereocenters. The van der Waals surface area contributed by atoms with Crippen LogP contribution in [0.4, 0.5) is 10.5 Å². The summed E-state index contributed by atoms with van der Waals surface area (Å²) in [4.78, 5) is 12.4. The summed E-state index contributed by atoms with van der Waals surface area (Å²) in [6, 6.07) is 13.4. The Kier molecular flexibility index (Phi) is 6.00. The van der Waals surface area contributed by atoms with Crippen molar-refractivity contribution in [2.24, 2.45) is 11.7 Å². The van der Waals surface area contributed by atoms with Gasteiger partial charge in [-0.2, -0.15) is 0 Å². The van der Waals surface area contributed by atoms with Gasteiger partial charge < -0.3 is 15.2 Å². The third-order valence-corrected chi connectivity index (χ3v) is 6.82. The third kappa shape index (κ3) is 4.17. The molecule has 1 amide bonds. The van der Waals surface area contributed by atoms with E-state index in [0.717, 1.165) is 18.6 Å². The lowest BCUT2D eigenvalue weighted by Gasteiger charge is -2.47. The lowest BCUT2D eigenvalue weighted by molar-refractivity contribution is 0.200. The average molecular weight is 409 g/mol. The van der Waals surface area contributed by atoms with Gasteiger partial charge in [0.1, 0.15) is 11.5 Å². The Morgan fingerprint density at radius 2 is 1.90 bits per heavy atom. The number of benzene rings is 2. The molecule has 5 heteroatoms. The predicted molar refractivity (Wildman–Crippen MR) is 119 cm³/mol. The molecule has 160 valence electrons. The van der Waals surface area contributed by atoms with E-state index in [2.05, 4.69) is 18.3 Å². The molecule has 1 fully saturated rings. The van der Waals surface area contributed by atoms with Crippen LogP contribution in [0.25, 0.3) is 0 Å². The molecule has 5 nitrogen and oxygen atoms in total. The maximum Gasteiger partial charge on any atom is 0.417 e.